The van der Waals surface area contributed by atoms with Gasteiger partial charge in [0.25, 0.3) is 0 Å². The van der Waals surface area contributed by atoms with Gasteiger partial charge in [-0.25, -0.2) is 13.2 Å². The summed E-state index contributed by atoms with van der Waals surface area (Å²) in [5.74, 6) is -0.398. The van der Waals surface area contributed by atoms with Gasteiger partial charge in [0, 0.05) is 24.3 Å². The fourth-order valence-corrected chi connectivity index (χ4v) is 6.72. The Balaban J connectivity index is 1.53. The van der Waals surface area contributed by atoms with E-state index in [1.807, 2.05) is 20.8 Å². The van der Waals surface area contributed by atoms with Crippen LogP contribution in [0.5, 0.6) is 5.75 Å². The maximum Gasteiger partial charge on any atom is 0.413 e. The molecule has 2 aromatic rings. The Hall–Kier alpha value is -2.83. The zero-order valence-corrected chi connectivity index (χ0v) is 21.3. The molecule has 10 nitrogen and oxygen atoms in total. The van der Waals surface area contributed by atoms with Crippen molar-refractivity contribution in [1.82, 2.24) is 19.5 Å². The molecule has 4 heterocycles. The van der Waals surface area contributed by atoms with E-state index >= 15 is 0 Å². The lowest BCUT2D eigenvalue weighted by atomic mass is 9.87. The fourth-order valence-electron chi connectivity index (χ4n) is 4.58. The Bertz CT molecular complexity index is 1190. The number of ether oxygens (including phenoxy) is 1. The van der Waals surface area contributed by atoms with E-state index in [-0.39, 0.29) is 29.2 Å². The van der Waals surface area contributed by atoms with Crippen LogP contribution in [0.4, 0.5) is 4.79 Å². The molecule has 2 aromatic heterocycles. The van der Waals surface area contributed by atoms with Gasteiger partial charge in [-0.15, -0.1) is 11.3 Å². The SMILES string of the molecule is CC(C)(C)CC(NC(=O)Oc1ccsc1)C(=O)N1CCC2C1C(=O)CN2S(=O)(=O)c1cccnc1. The number of Topliss-reactive ketones (excluding diaryl/α,β-unsaturated/α-hetero) is 1. The van der Waals surface area contributed by atoms with Crippen LogP contribution < -0.4 is 10.1 Å². The van der Waals surface area contributed by atoms with Crippen molar-refractivity contribution in [2.45, 2.75) is 56.6 Å². The van der Waals surface area contributed by atoms with E-state index in [0.29, 0.717) is 18.6 Å². The van der Waals surface area contributed by atoms with Crippen LogP contribution in [-0.2, 0) is 19.6 Å². The zero-order chi connectivity index (χ0) is 25.4. The normalized spacial score (nSPS) is 21.6. The van der Waals surface area contributed by atoms with E-state index < -0.39 is 40.1 Å². The molecule has 0 spiro atoms. The number of hydrogen-bond acceptors (Lipinski definition) is 8. The zero-order valence-electron chi connectivity index (χ0n) is 19.7. The van der Waals surface area contributed by atoms with E-state index in [2.05, 4.69) is 10.3 Å². The van der Waals surface area contributed by atoms with Crippen LogP contribution in [0.1, 0.15) is 33.6 Å². The predicted molar refractivity (Wildman–Crippen MR) is 128 cm³/mol. The van der Waals surface area contributed by atoms with E-state index in [1.165, 1.54) is 45.1 Å². The highest BCUT2D eigenvalue weighted by atomic mass is 32.2. The van der Waals surface area contributed by atoms with Gasteiger partial charge in [-0.05, 0) is 41.8 Å². The van der Waals surface area contributed by atoms with Crippen LogP contribution in [0.3, 0.4) is 0 Å². The summed E-state index contributed by atoms with van der Waals surface area (Å²) >= 11 is 1.37. The molecule has 2 saturated heterocycles. The van der Waals surface area contributed by atoms with Gasteiger partial charge in [-0.3, -0.25) is 14.6 Å². The molecular weight excluding hydrogens is 492 g/mol. The summed E-state index contributed by atoms with van der Waals surface area (Å²) in [7, 11) is -3.95. The third-order valence-electron chi connectivity index (χ3n) is 6.01. The van der Waals surface area contributed by atoms with Crippen LogP contribution in [-0.4, -0.2) is 71.6 Å². The van der Waals surface area contributed by atoms with Crippen LogP contribution >= 0.6 is 11.3 Å². The lowest BCUT2D eigenvalue weighted by Crippen LogP contribution is -2.54. The van der Waals surface area contributed by atoms with Gasteiger partial charge in [0.1, 0.15) is 22.7 Å². The van der Waals surface area contributed by atoms with E-state index in [1.54, 1.807) is 16.8 Å². The Morgan fingerprint density at radius 1 is 1.31 bits per heavy atom. The molecule has 0 aliphatic carbocycles. The summed E-state index contributed by atoms with van der Waals surface area (Å²) in [5.41, 5.74) is -0.315. The molecule has 0 aromatic carbocycles. The smallest absolute Gasteiger partial charge is 0.409 e. The number of aromatic nitrogens is 1. The first-order valence-corrected chi connectivity index (χ1v) is 13.6. The van der Waals surface area contributed by atoms with Crippen LogP contribution in [0.25, 0.3) is 0 Å². The summed E-state index contributed by atoms with van der Waals surface area (Å²) in [6.07, 6.45) is 2.58. The number of sulfonamides is 1. The summed E-state index contributed by atoms with van der Waals surface area (Å²) in [4.78, 5) is 44.4. The van der Waals surface area contributed by atoms with E-state index in [4.69, 9.17) is 4.74 Å². The van der Waals surface area contributed by atoms with Gasteiger partial charge in [-0.1, -0.05) is 20.8 Å². The van der Waals surface area contributed by atoms with Crippen molar-refractivity contribution in [2.75, 3.05) is 13.1 Å². The summed E-state index contributed by atoms with van der Waals surface area (Å²) < 4.78 is 32.8. The second-order valence-corrected chi connectivity index (χ2v) is 12.5. The third-order valence-corrected chi connectivity index (χ3v) is 8.53. The van der Waals surface area contributed by atoms with Gasteiger partial charge in [0.05, 0.1) is 12.6 Å². The van der Waals surface area contributed by atoms with E-state index in [0.717, 1.165) is 0 Å². The minimum Gasteiger partial charge on any atom is -0.409 e. The quantitative estimate of drug-likeness (QED) is 0.619. The fraction of sp³-hybridized carbons (Fsp3) is 0.478. The van der Waals surface area contributed by atoms with Crippen LogP contribution in [0.2, 0.25) is 0 Å². The molecule has 1 N–H and O–H groups in total. The number of amides is 2. The molecule has 0 bridgehead atoms. The van der Waals surface area contributed by atoms with Crippen molar-refractivity contribution in [2.24, 2.45) is 5.41 Å². The van der Waals surface area contributed by atoms with Gasteiger partial charge in [0.2, 0.25) is 15.9 Å². The first-order chi connectivity index (χ1) is 16.5. The average Bonchev–Trinajstić information content (AvgIpc) is 3.51. The largest absolute Gasteiger partial charge is 0.413 e. The lowest BCUT2D eigenvalue weighted by molar-refractivity contribution is -0.138. The predicted octanol–water partition coefficient (Wildman–Crippen LogP) is 2.28. The Labute approximate surface area is 208 Å². The summed E-state index contributed by atoms with van der Waals surface area (Å²) in [6.45, 7) is 5.72. The summed E-state index contributed by atoms with van der Waals surface area (Å²) in [5, 5.41) is 6.08. The Kier molecular flexibility index (Phi) is 6.98. The topological polar surface area (TPSA) is 126 Å². The van der Waals surface area contributed by atoms with Crippen molar-refractivity contribution >= 4 is 39.1 Å². The molecule has 2 aliphatic heterocycles. The average molecular weight is 521 g/mol. The van der Waals surface area contributed by atoms with Crippen molar-refractivity contribution in [3.8, 4) is 5.75 Å². The molecule has 2 amide bonds. The number of rotatable bonds is 6. The second-order valence-electron chi connectivity index (χ2n) is 9.85. The minimum atomic E-state index is -3.95. The maximum atomic E-state index is 13.6. The van der Waals surface area contributed by atoms with Crippen molar-refractivity contribution in [3.63, 3.8) is 0 Å². The van der Waals surface area contributed by atoms with Gasteiger partial charge in [-0.2, -0.15) is 4.31 Å². The second kappa shape index (κ2) is 9.67. The summed E-state index contributed by atoms with van der Waals surface area (Å²) in [6, 6.07) is 2.10. The number of carbonyl (C=O) groups excluding carboxylic acids is 3. The molecule has 3 unspecified atom stereocenters. The van der Waals surface area contributed by atoms with Gasteiger partial charge >= 0.3 is 6.09 Å². The molecule has 0 radical (unpaired) electrons. The minimum absolute atomic E-state index is 0.00155. The number of likely N-dealkylation sites (tertiary alicyclic amines) is 1. The molecule has 2 fully saturated rings. The number of fused-ring (bicyclic) bond motifs is 1. The standard InChI is InChI=1S/C23H28N4O6S2/c1-23(2,3)11-17(25-22(30)33-15-7-10-34-14-15)21(29)26-9-6-18-20(26)19(28)13-27(18)35(31,32)16-5-4-8-24-12-16/h4-5,7-8,10,12,14,17-18,20H,6,9,11,13H2,1-3H3,(H,25,30). The Morgan fingerprint density at radius 3 is 2.71 bits per heavy atom. The molecular formula is C23H28N4O6S2. The molecule has 0 saturated carbocycles. The maximum absolute atomic E-state index is 13.6. The molecule has 35 heavy (non-hydrogen) atoms. The lowest BCUT2D eigenvalue weighted by Gasteiger charge is -2.31. The highest BCUT2D eigenvalue weighted by Crippen LogP contribution is 2.35. The van der Waals surface area contributed by atoms with Crippen molar-refractivity contribution in [1.29, 1.82) is 0 Å². The third kappa shape index (κ3) is 5.39. The van der Waals surface area contributed by atoms with Crippen molar-refractivity contribution in [3.05, 3.63) is 41.4 Å². The van der Waals surface area contributed by atoms with Gasteiger partial charge < -0.3 is 15.0 Å². The van der Waals surface area contributed by atoms with Gasteiger partial charge in [0.15, 0.2) is 5.78 Å². The number of carbonyl (C=O) groups is 3. The number of nitrogens with zero attached hydrogens (tertiary/aromatic N) is 3. The molecule has 188 valence electrons. The number of nitrogens with one attached hydrogen (secondary N) is 1. The van der Waals surface area contributed by atoms with Crippen molar-refractivity contribution < 1.29 is 27.5 Å². The Morgan fingerprint density at radius 2 is 2.09 bits per heavy atom. The monoisotopic (exact) mass is 520 g/mol. The number of thiophene rings is 1. The number of pyridine rings is 1. The highest BCUT2D eigenvalue weighted by Gasteiger charge is 2.54. The molecule has 3 atom stereocenters. The van der Waals surface area contributed by atoms with Crippen LogP contribution in [0, 0.1) is 5.41 Å². The molecule has 2 aliphatic rings. The number of ketones is 1. The highest BCUT2D eigenvalue weighted by molar-refractivity contribution is 7.89. The van der Waals surface area contributed by atoms with Crippen LogP contribution in [0.15, 0.2) is 46.2 Å². The first-order valence-electron chi connectivity index (χ1n) is 11.2. The van der Waals surface area contributed by atoms with E-state index in [9.17, 15) is 22.8 Å². The molecule has 4 rings (SSSR count). The first kappa shape index (κ1) is 25.3. The molecule has 12 heteroatoms. The number of hydrogen-bond donors (Lipinski definition) is 1.